The molecule has 134 valence electrons. The summed E-state index contributed by atoms with van der Waals surface area (Å²) in [6.45, 7) is 3.45. The van der Waals surface area contributed by atoms with Gasteiger partial charge in [-0.25, -0.2) is 23.1 Å². The van der Waals surface area contributed by atoms with Crippen LogP contribution < -0.4 is 10.0 Å². The van der Waals surface area contributed by atoms with Crippen LogP contribution in [0.25, 0.3) is 0 Å². The number of nitrogens with one attached hydrogen (secondary N) is 2. The Hall–Kier alpha value is -3.94. The average molecular weight is 379 g/mol. The van der Waals surface area contributed by atoms with Gasteiger partial charge in [0.25, 0.3) is 10.0 Å². The summed E-state index contributed by atoms with van der Waals surface area (Å²) in [7, 11) is -3.91. The molecule has 0 bridgehead atoms. The molecular weight excluding hydrogens is 366 g/mol. The molecule has 1 aromatic heterocycles. The summed E-state index contributed by atoms with van der Waals surface area (Å²) in [5, 5.41) is 29.3. The van der Waals surface area contributed by atoms with Crippen molar-refractivity contribution in [3.8, 4) is 18.2 Å². The molecule has 10 heteroatoms. The van der Waals surface area contributed by atoms with E-state index in [2.05, 4.69) is 20.0 Å². The predicted octanol–water partition coefficient (Wildman–Crippen LogP) is 2.13. The minimum Gasteiger partial charge on any atom is -0.345 e. The highest BCUT2D eigenvalue weighted by Gasteiger charge is 2.16. The number of allylic oxidation sites excluding steroid dienone is 2. The molecular formula is C17H13N7O2S. The smallest absolute Gasteiger partial charge is 0.264 e. The number of anilines is 2. The van der Waals surface area contributed by atoms with Crippen LogP contribution in [0.4, 0.5) is 11.6 Å². The number of hydrogen-bond donors (Lipinski definition) is 2. The Morgan fingerprint density at radius 3 is 2.00 bits per heavy atom. The summed E-state index contributed by atoms with van der Waals surface area (Å²) < 4.78 is 27.2. The molecule has 2 aromatic rings. The third-order valence-electron chi connectivity index (χ3n) is 3.23. The van der Waals surface area contributed by atoms with Gasteiger partial charge in [0.1, 0.15) is 23.9 Å². The molecule has 0 radical (unpaired) electrons. The summed E-state index contributed by atoms with van der Waals surface area (Å²) >= 11 is 0. The summed E-state index contributed by atoms with van der Waals surface area (Å²) in [6.07, 6.45) is 0. The Morgan fingerprint density at radius 2 is 1.52 bits per heavy atom. The molecule has 0 amide bonds. The number of sulfonamides is 1. The van der Waals surface area contributed by atoms with Crippen molar-refractivity contribution in [1.82, 2.24) is 9.97 Å². The number of hydrogen-bond acceptors (Lipinski definition) is 8. The number of benzene rings is 1. The highest BCUT2D eigenvalue weighted by Crippen LogP contribution is 2.18. The van der Waals surface area contributed by atoms with Crippen LogP contribution in [-0.2, 0) is 10.0 Å². The molecule has 0 spiro atoms. The molecule has 0 atom stereocenters. The fourth-order valence-electron chi connectivity index (χ4n) is 2.10. The van der Waals surface area contributed by atoms with Crippen molar-refractivity contribution in [3.63, 3.8) is 0 Å². The van der Waals surface area contributed by atoms with Gasteiger partial charge in [-0.2, -0.15) is 15.8 Å². The van der Waals surface area contributed by atoms with Crippen molar-refractivity contribution in [2.24, 2.45) is 0 Å². The van der Waals surface area contributed by atoms with Gasteiger partial charge >= 0.3 is 0 Å². The lowest BCUT2D eigenvalue weighted by Gasteiger charge is -2.09. The van der Waals surface area contributed by atoms with Gasteiger partial charge < -0.3 is 5.32 Å². The van der Waals surface area contributed by atoms with Crippen LogP contribution in [0.1, 0.15) is 11.4 Å². The summed E-state index contributed by atoms with van der Waals surface area (Å²) in [5.74, 6) is -0.0305. The third kappa shape index (κ3) is 4.79. The molecule has 9 nitrogen and oxygen atoms in total. The molecule has 0 saturated carbocycles. The normalized spacial score (nSPS) is 10.0. The number of nitriles is 3. The van der Waals surface area contributed by atoms with Crippen molar-refractivity contribution in [3.05, 3.63) is 53.0 Å². The minimum atomic E-state index is -3.91. The first kappa shape index (κ1) is 19.4. The maximum atomic E-state index is 12.5. The van der Waals surface area contributed by atoms with E-state index in [9.17, 15) is 8.42 Å². The van der Waals surface area contributed by atoms with Crippen LogP contribution in [0.2, 0.25) is 0 Å². The van der Waals surface area contributed by atoms with Gasteiger partial charge in [-0.05, 0) is 44.2 Å². The van der Waals surface area contributed by atoms with Crippen LogP contribution in [-0.4, -0.2) is 18.4 Å². The molecule has 0 fully saturated rings. The lowest BCUT2D eigenvalue weighted by molar-refractivity contribution is 0.601. The van der Waals surface area contributed by atoms with Gasteiger partial charge in [0, 0.05) is 17.1 Å². The number of aromatic nitrogens is 2. The van der Waals surface area contributed by atoms with E-state index in [1.807, 2.05) is 0 Å². The van der Waals surface area contributed by atoms with Crippen LogP contribution in [0.15, 0.2) is 46.5 Å². The summed E-state index contributed by atoms with van der Waals surface area (Å²) in [4.78, 5) is 8.03. The van der Waals surface area contributed by atoms with Gasteiger partial charge in [0.05, 0.1) is 4.90 Å². The Morgan fingerprint density at radius 1 is 0.963 bits per heavy atom. The quantitative estimate of drug-likeness (QED) is 0.748. The van der Waals surface area contributed by atoms with E-state index in [-0.39, 0.29) is 22.1 Å². The zero-order valence-corrected chi connectivity index (χ0v) is 15.2. The van der Waals surface area contributed by atoms with Gasteiger partial charge in [0.15, 0.2) is 5.57 Å². The largest absolute Gasteiger partial charge is 0.345 e. The second kappa shape index (κ2) is 7.96. The maximum absolute atomic E-state index is 12.5. The fourth-order valence-corrected chi connectivity index (χ4v) is 3.04. The number of rotatable bonds is 5. The second-order valence-corrected chi connectivity index (χ2v) is 7.00. The monoisotopic (exact) mass is 379 g/mol. The van der Waals surface area contributed by atoms with Crippen molar-refractivity contribution in [2.75, 3.05) is 10.0 Å². The topological polar surface area (TPSA) is 155 Å². The van der Waals surface area contributed by atoms with Crippen molar-refractivity contribution in [2.45, 2.75) is 18.7 Å². The average Bonchev–Trinajstić information content (AvgIpc) is 2.61. The number of aryl methyl sites for hydroxylation is 2. The minimum absolute atomic E-state index is 0.0305. The highest BCUT2D eigenvalue weighted by molar-refractivity contribution is 7.92. The molecule has 27 heavy (non-hydrogen) atoms. The van der Waals surface area contributed by atoms with Crippen LogP contribution in [0.5, 0.6) is 0 Å². The third-order valence-corrected chi connectivity index (χ3v) is 4.57. The zero-order chi connectivity index (χ0) is 20.0. The summed E-state index contributed by atoms with van der Waals surface area (Å²) in [6, 6.07) is 12.1. The highest BCUT2D eigenvalue weighted by atomic mass is 32.2. The van der Waals surface area contributed by atoms with E-state index < -0.39 is 10.0 Å². The first-order valence-electron chi connectivity index (χ1n) is 7.46. The molecule has 0 aliphatic carbocycles. The van der Waals surface area contributed by atoms with E-state index in [1.165, 1.54) is 24.3 Å². The lowest BCUT2D eigenvalue weighted by Crippen LogP contribution is -2.15. The molecule has 2 rings (SSSR count). The van der Waals surface area contributed by atoms with Crippen LogP contribution in [0.3, 0.4) is 0 Å². The van der Waals surface area contributed by atoms with E-state index in [0.717, 1.165) is 0 Å². The van der Waals surface area contributed by atoms with Crippen molar-refractivity contribution >= 4 is 21.7 Å². The SMILES string of the molecule is Cc1cc(C)nc(NS(=O)(=O)c2ccc(NC(C#N)=C(C#N)C#N)cc2)n1. The summed E-state index contributed by atoms with van der Waals surface area (Å²) in [5.41, 5.74) is 0.999. The fraction of sp³-hybridized carbons (Fsp3) is 0.118. The molecule has 0 aliphatic heterocycles. The van der Waals surface area contributed by atoms with Crippen LogP contribution in [0, 0.1) is 47.8 Å². The van der Waals surface area contributed by atoms with Gasteiger partial charge in [-0.1, -0.05) is 0 Å². The zero-order valence-electron chi connectivity index (χ0n) is 14.3. The molecule has 2 N–H and O–H groups in total. The van der Waals surface area contributed by atoms with E-state index >= 15 is 0 Å². The molecule has 1 aromatic carbocycles. The first-order chi connectivity index (χ1) is 12.8. The van der Waals surface area contributed by atoms with Gasteiger partial charge in [-0.3, -0.25) is 0 Å². The molecule has 0 saturated heterocycles. The Kier molecular flexibility index (Phi) is 5.71. The van der Waals surface area contributed by atoms with Gasteiger partial charge in [-0.15, -0.1) is 0 Å². The molecule has 1 heterocycles. The molecule has 0 unspecified atom stereocenters. The van der Waals surface area contributed by atoms with Crippen molar-refractivity contribution in [1.29, 1.82) is 15.8 Å². The van der Waals surface area contributed by atoms with Gasteiger partial charge in [0.2, 0.25) is 5.95 Å². The standard InChI is InChI=1S/C17H13N7O2S/c1-11-7-12(2)22-17(21-11)24-27(25,26)15-5-3-14(4-6-15)23-16(10-20)13(8-18)9-19/h3-7,23H,1-2H3,(H,21,22,24). The second-order valence-electron chi connectivity index (χ2n) is 5.31. The predicted molar refractivity (Wildman–Crippen MR) is 96.2 cm³/mol. The Balaban J connectivity index is 2.26. The van der Waals surface area contributed by atoms with Crippen LogP contribution >= 0.6 is 0 Å². The van der Waals surface area contributed by atoms with E-state index in [4.69, 9.17) is 15.8 Å². The first-order valence-corrected chi connectivity index (χ1v) is 8.94. The van der Waals surface area contributed by atoms with E-state index in [1.54, 1.807) is 38.1 Å². The Labute approximate surface area is 156 Å². The van der Waals surface area contributed by atoms with Crippen molar-refractivity contribution < 1.29 is 8.42 Å². The Bertz CT molecular complexity index is 1100. The van der Waals surface area contributed by atoms with E-state index in [0.29, 0.717) is 17.1 Å². The lowest BCUT2D eigenvalue weighted by atomic mass is 10.2. The number of nitrogens with zero attached hydrogens (tertiary/aromatic N) is 5. The molecule has 0 aliphatic rings. The maximum Gasteiger partial charge on any atom is 0.264 e.